The molecule has 0 aromatic carbocycles. The average molecular weight is 215 g/mol. The van der Waals surface area contributed by atoms with Crippen LogP contribution in [0.3, 0.4) is 0 Å². The molecule has 0 aliphatic heterocycles. The molecule has 2 atom stereocenters. The van der Waals surface area contributed by atoms with Crippen LogP contribution in [-0.2, 0) is 0 Å². The Kier molecular flexibility index (Phi) is 2.86. The minimum absolute atomic E-state index is 0.356. The first-order valence-corrected chi connectivity index (χ1v) is 6.13. The van der Waals surface area contributed by atoms with Crippen molar-refractivity contribution in [3.8, 4) is 0 Å². The highest BCUT2D eigenvalue weighted by Gasteiger charge is 2.25. The van der Waals surface area contributed by atoms with E-state index in [0.717, 1.165) is 16.6 Å². The summed E-state index contributed by atoms with van der Waals surface area (Å²) in [6.45, 7) is 1.93. The van der Waals surface area contributed by atoms with Crippen molar-refractivity contribution in [1.82, 2.24) is 9.36 Å². The first kappa shape index (κ1) is 9.43. The number of nitrogens with two attached hydrogens (primary N) is 1. The Morgan fingerprint density at radius 3 is 2.92 bits per heavy atom. The molecular weight excluding hydrogens is 202 g/mol. The summed E-state index contributed by atoms with van der Waals surface area (Å²) in [5, 5.41) is 0.562. The zero-order chi connectivity index (χ0) is 9.26. The lowest BCUT2D eigenvalue weighted by molar-refractivity contribution is 0.716. The van der Waals surface area contributed by atoms with E-state index in [4.69, 9.17) is 5.73 Å². The van der Waals surface area contributed by atoms with Gasteiger partial charge >= 0.3 is 0 Å². The highest BCUT2D eigenvalue weighted by atomic mass is 32.2. The van der Waals surface area contributed by atoms with Crippen LogP contribution in [0.2, 0.25) is 0 Å². The summed E-state index contributed by atoms with van der Waals surface area (Å²) in [5.74, 6) is 0.874. The van der Waals surface area contributed by atoms with Crippen molar-refractivity contribution in [3.63, 3.8) is 0 Å². The molecule has 1 heterocycles. The average Bonchev–Trinajstić information content (AvgIpc) is 2.64. The largest absolute Gasteiger partial charge is 0.327 e. The molecule has 0 saturated heterocycles. The summed E-state index contributed by atoms with van der Waals surface area (Å²) < 4.78 is 5.22. The van der Waals surface area contributed by atoms with E-state index in [1.165, 1.54) is 24.4 Å². The molecule has 1 aromatic heterocycles. The molecule has 13 heavy (non-hydrogen) atoms. The lowest BCUT2D eigenvalue weighted by Crippen LogP contribution is -2.26. The molecule has 72 valence electrons. The molecule has 0 spiro atoms. The number of thioether (sulfide) groups is 1. The molecule has 2 N–H and O–H groups in total. The Morgan fingerprint density at radius 2 is 2.38 bits per heavy atom. The number of hydrogen-bond acceptors (Lipinski definition) is 5. The maximum Gasteiger partial charge on any atom is 0.170 e. The van der Waals surface area contributed by atoms with Crippen LogP contribution in [0.25, 0.3) is 0 Å². The number of rotatable bonds is 2. The number of nitrogens with zero attached hydrogens (tertiary/aromatic N) is 2. The predicted octanol–water partition coefficient (Wildman–Crippen LogP) is 1.82. The van der Waals surface area contributed by atoms with Crippen molar-refractivity contribution in [2.24, 2.45) is 5.73 Å². The van der Waals surface area contributed by atoms with Gasteiger partial charge in [0.1, 0.15) is 5.82 Å². The highest BCUT2D eigenvalue weighted by Crippen LogP contribution is 2.34. The second-order valence-electron chi connectivity index (χ2n) is 3.36. The van der Waals surface area contributed by atoms with Gasteiger partial charge in [-0.3, -0.25) is 0 Å². The quantitative estimate of drug-likeness (QED) is 0.817. The van der Waals surface area contributed by atoms with Crippen molar-refractivity contribution in [2.45, 2.75) is 41.8 Å². The van der Waals surface area contributed by atoms with E-state index in [2.05, 4.69) is 9.36 Å². The van der Waals surface area contributed by atoms with Crippen LogP contribution < -0.4 is 5.73 Å². The molecule has 1 fully saturated rings. The Morgan fingerprint density at radius 1 is 1.54 bits per heavy atom. The van der Waals surface area contributed by atoms with Crippen molar-refractivity contribution in [3.05, 3.63) is 5.82 Å². The van der Waals surface area contributed by atoms with Crippen molar-refractivity contribution in [1.29, 1.82) is 0 Å². The zero-order valence-electron chi connectivity index (χ0n) is 7.56. The monoisotopic (exact) mass is 215 g/mol. The van der Waals surface area contributed by atoms with Gasteiger partial charge in [-0.15, -0.1) is 0 Å². The molecule has 3 nitrogen and oxygen atoms in total. The molecule has 0 radical (unpaired) electrons. The second-order valence-corrected chi connectivity index (χ2v) is 5.60. The van der Waals surface area contributed by atoms with E-state index in [9.17, 15) is 0 Å². The minimum atomic E-state index is 0.356. The summed E-state index contributed by atoms with van der Waals surface area (Å²) in [5.41, 5.74) is 5.97. The Bertz CT molecular complexity index is 287. The van der Waals surface area contributed by atoms with Gasteiger partial charge in [0.05, 0.1) is 0 Å². The van der Waals surface area contributed by atoms with Crippen LogP contribution in [-0.4, -0.2) is 20.6 Å². The van der Waals surface area contributed by atoms with Crippen LogP contribution in [0, 0.1) is 6.92 Å². The fourth-order valence-corrected chi connectivity index (χ4v) is 3.67. The van der Waals surface area contributed by atoms with E-state index in [-0.39, 0.29) is 0 Å². The van der Waals surface area contributed by atoms with Crippen LogP contribution >= 0.6 is 23.3 Å². The smallest absolute Gasteiger partial charge is 0.170 e. The standard InChI is InChI=1S/C8H13N3S2/c1-5-10-8(13-11-5)12-7-4-2-3-6(7)9/h6-7H,2-4,9H2,1H3. The van der Waals surface area contributed by atoms with Gasteiger partial charge in [-0.2, -0.15) is 4.37 Å². The van der Waals surface area contributed by atoms with Gasteiger partial charge in [0.15, 0.2) is 4.34 Å². The summed E-state index contributed by atoms with van der Waals surface area (Å²) in [6.07, 6.45) is 3.65. The molecule has 5 heteroatoms. The number of hydrogen-bond donors (Lipinski definition) is 1. The van der Waals surface area contributed by atoms with Crippen LogP contribution in [0.4, 0.5) is 0 Å². The normalized spacial score (nSPS) is 28.2. The number of aryl methyl sites for hydroxylation is 1. The lowest BCUT2D eigenvalue weighted by atomic mass is 10.3. The first-order chi connectivity index (χ1) is 6.25. The van der Waals surface area contributed by atoms with Crippen molar-refractivity contribution >= 4 is 23.3 Å². The van der Waals surface area contributed by atoms with Gasteiger partial charge in [0.2, 0.25) is 0 Å². The molecule has 0 amide bonds. The first-order valence-electron chi connectivity index (χ1n) is 4.48. The molecular formula is C8H13N3S2. The molecule has 2 rings (SSSR count). The Hall–Kier alpha value is -0.130. The van der Waals surface area contributed by atoms with Gasteiger partial charge < -0.3 is 5.73 Å². The highest BCUT2D eigenvalue weighted by molar-refractivity contribution is 8.01. The SMILES string of the molecule is Cc1nsc(SC2CCCC2N)n1. The fraction of sp³-hybridized carbons (Fsp3) is 0.750. The van der Waals surface area contributed by atoms with Gasteiger partial charge in [-0.05, 0) is 31.3 Å². The van der Waals surface area contributed by atoms with E-state index in [1.54, 1.807) is 11.8 Å². The summed E-state index contributed by atoms with van der Waals surface area (Å²) in [4.78, 5) is 4.32. The summed E-state index contributed by atoms with van der Waals surface area (Å²) in [7, 11) is 0. The van der Waals surface area contributed by atoms with Gasteiger partial charge in [-0.25, -0.2) is 4.98 Å². The maximum absolute atomic E-state index is 5.97. The molecule has 1 saturated carbocycles. The molecule has 0 bridgehead atoms. The molecule has 1 aliphatic rings. The third kappa shape index (κ3) is 2.21. The fourth-order valence-electron chi connectivity index (χ4n) is 1.56. The van der Waals surface area contributed by atoms with Crippen molar-refractivity contribution in [2.75, 3.05) is 0 Å². The van der Waals surface area contributed by atoms with Gasteiger partial charge in [0, 0.05) is 11.3 Å². The third-order valence-corrected chi connectivity index (χ3v) is 4.56. The van der Waals surface area contributed by atoms with E-state index >= 15 is 0 Å². The van der Waals surface area contributed by atoms with Gasteiger partial charge in [0.25, 0.3) is 0 Å². The molecule has 1 aromatic rings. The molecule has 1 aliphatic carbocycles. The van der Waals surface area contributed by atoms with Crippen molar-refractivity contribution < 1.29 is 0 Å². The number of aromatic nitrogens is 2. The van der Waals surface area contributed by atoms with Crippen LogP contribution in [0.5, 0.6) is 0 Å². The summed E-state index contributed by atoms with van der Waals surface area (Å²) in [6, 6.07) is 0.356. The summed E-state index contributed by atoms with van der Waals surface area (Å²) >= 11 is 3.28. The Labute approximate surface area is 86.3 Å². The van der Waals surface area contributed by atoms with Gasteiger partial charge in [-0.1, -0.05) is 18.2 Å². The van der Waals surface area contributed by atoms with E-state index < -0.39 is 0 Å². The minimum Gasteiger partial charge on any atom is -0.327 e. The predicted molar refractivity (Wildman–Crippen MR) is 56.1 cm³/mol. The molecule has 2 unspecified atom stereocenters. The van der Waals surface area contributed by atoms with Crippen LogP contribution in [0.15, 0.2) is 4.34 Å². The maximum atomic E-state index is 5.97. The zero-order valence-corrected chi connectivity index (χ0v) is 9.20. The lowest BCUT2D eigenvalue weighted by Gasteiger charge is -2.11. The second kappa shape index (κ2) is 3.94. The topological polar surface area (TPSA) is 51.8 Å². The van der Waals surface area contributed by atoms with Crippen LogP contribution in [0.1, 0.15) is 25.1 Å². The third-order valence-electron chi connectivity index (χ3n) is 2.26. The van der Waals surface area contributed by atoms with E-state index in [0.29, 0.717) is 11.3 Å². The van der Waals surface area contributed by atoms with E-state index in [1.807, 2.05) is 6.92 Å². The Balaban J connectivity index is 1.97.